The van der Waals surface area contributed by atoms with E-state index in [1.165, 1.54) is 24.5 Å². The molecule has 4 N–H and O–H groups in total. The Morgan fingerprint density at radius 3 is 2.70 bits per heavy atom. The van der Waals surface area contributed by atoms with Crippen molar-refractivity contribution in [1.82, 2.24) is 0 Å². The summed E-state index contributed by atoms with van der Waals surface area (Å²) in [5.41, 5.74) is -2.43. The van der Waals surface area contributed by atoms with Crippen molar-refractivity contribution in [2.75, 3.05) is 0 Å². The van der Waals surface area contributed by atoms with Gasteiger partial charge >= 0.3 is 0 Å². The van der Waals surface area contributed by atoms with Crippen LogP contribution in [0.5, 0.6) is 17.2 Å². The lowest BCUT2D eigenvalue weighted by atomic mass is 9.92. The zero-order valence-corrected chi connectivity index (χ0v) is 16.3. The van der Waals surface area contributed by atoms with Crippen LogP contribution in [0.4, 0.5) is 0 Å². The van der Waals surface area contributed by atoms with Crippen molar-refractivity contribution in [3.05, 3.63) is 51.9 Å². The van der Waals surface area contributed by atoms with Gasteiger partial charge < -0.3 is 34.3 Å². The molecule has 8 nitrogen and oxygen atoms in total. The lowest BCUT2D eigenvalue weighted by Crippen LogP contribution is -2.33. The summed E-state index contributed by atoms with van der Waals surface area (Å²) in [4.78, 5) is 13.3. The first-order valence-corrected chi connectivity index (χ1v) is 9.52. The molecule has 0 aliphatic carbocycles. The maximum atomic E-state index is 13.3. The van der Waals surface area contributed by atoms with Crippen molar-refractivity contribution < 1.29 is 34.3 Å². The van der Waals surface area contributed by atoms with E-state index in [1.54, 1.807) is 19.9 Å². The Morgan fingerprint density at radius 2 is 1.97 bits per heavy atom. The van der Waals surface area contributed by atoms with Crippen molar-refractivity contribution in [3.8, 4) is 17.2 Å². The third-order valence-electron chi connectivity index (χ3n) is 5.64. The molecule has 0 bridgehead atoms. The first-order chi connectivity index (χ1) is 14.1. The van der Waals surface area contributed by atoms with Crippen LogP contribution in [0.1, 0.15) is 31.4 Å². The topological polar surface area (TPSA) is 130 Å². The zero-order chi connectivity index (χ0) is 21.4. The minimum Gasteiger partial charge on any atom is -0.507 e. The third-order valence-corrected chi connectivity index (χ3v) is 5.64. The zero-order valence-electron chi connectivity index (χ0n) is 16.3. The molecule has 8 heteroatoms. The standard InChI is InChI=1S/C22H20O8/c1-21(2,26)6-5-10-3-4-11(23)14-17(24)15-12(29-19(10)14)9-13-16(18(15)25)22(27)7-8-28-20(22)30-13/h3-4,7-9,20,23,25-27H,5-6H2,1-2H3/t20-,22-/m1/s1. The number of aryl methyl sites for hydroxylation is 1. The van der Waals surface area contributed by atoms with Gasteiger partial charge in [0.05, 0.1) is 17.4 Å². The third kappa shape index (κ3) is 2.50. The molecule has 0 spiro atoms. The molecule has 0 saturated carbocycles. The van der Waals surface area contributed by atoms with E-state index in [1.807, 2.05) is 0 Å². The minimum absolute atomic E-state index is 0.0121. The van der Waals surface area contributed by atoms with Crippen LogP contribution in [-0.4, -0.2) is 32.3 Å². The fourth-order valence-electron chi connectivity index (χ4n) is 4.06. The number of benzene rings is 2. The number of hydrogen-bond acceptors (Lipinski definition) is 8. The number of phenolic OH excluding ortho intramolecular Hbond substituents is 2. The molecule has 0 fully saturated rings. The van der Waals surface area contributed by atoms with Gasteiger partial charge in [-0.1, -0.05) is 6.07 Å². The molecule has 0 saturated heterocycles. The van der Waals surface area contributed by atoms with Crippen molar-refractivity contribution >= 4 is 21.9 Å². The van der Waals surface area contributed by atoms with Crippen LogP contribution in [0, 0.1) is 0 Å². The van der Waals surface area contributed by atoms with Gasteiger partial charge in [0, 0.05) is 6.07 Å². The van der Waals surface area contributed by atoms with Crippen LogP contribution in [0.15, 0.2) is 39.7 Å². The fourth-order valence-corrected chi connectivity index (χ4v) is 4.06. The summed E-state index contributed by atoms with van der Waals surface area (Å²) in [7, 11) is 0. The minimum atomic E-state index is -1.73. The van der Waals surface area contributed by atoms with Crippen LogP contribution in [0.25, 0.3) is 21.9 Å². The van der Waals surface area contributed by atoms with Gasteiger partial charge in [0.25, 0.3) is 6.29 Å². The normalized spacial score (nSPS) is 22.2. The van der Waals surface area contributed by atoms with E-state index in [4.69, 9.17) is 13.9 Å². The van der Waals surface area contributed by atoms with Gasteiger partial charge in [0.1, 0.15) is 39.2 Å². The number of fused-ring (bicyclic) bond motifs is 5. The van der Waals surface area contributed by atoms with Gasteiger partial charge in [-0.2, -0.15) is 0 Å². The number of hydrogen-bond donors (Lipinski definition) is 4. The van der Waals surface area contributed by atoms with E-state index in [0.29, 0.717) is 18.4 Å². The van der Waals surface area contributed by atoms with Crippen molar-refractivity contribution in [2.45, 2.75) is 44.2 Å². The number of ether oxygens (including phenoxy) is 2. The molecular weight excluding hydrogens is 392 g/mol. The highest BCUT2D eigenvalue weighted by atomic mass is 16.7. The predicted octanol–water partition coefficient (Wildman–Crippen LogP) is 2.51. The SMILES string of the molecule is CC(C)(O)CCc1ccc(O)c2c(=O)c3c(O)c4c(cc3oc12)O[C@H]1OC=C[C@@]41O. The quantitative estimate of drug-likeness (QED) is 0.483. The second-order valence-corrected chi connectivity index (χ2v) is 8.38. The van der Waals surface area contributed by atoms with Crippen LogP contribution >= 0.6 is 0 Å². The second kappa shape index (κ2) is 5.90. The molecule has 0 unspecified atom stereocenters. The molecule has 0 amide bonds. The molecule has 30 heavy (non-hydrogen) atoms. The highest BCUT2D eigenvalue weighted by Gasteiger charge is 2.53. The summed E-state index contributed by atoms with van der Waals surface area (Å²) < 4.78 is 16.7. The van der Waals surface area contributed by atoms with Crippen molar-refractivity contribution in [2.24, 2.45) is 0 Å². The van der Waals surface area contributed by atoms with Gasteiger partial charge in [-0.05, 0) is 44.4 Å². The highest BCUT2D eigenvalue weighted by Crippen LogP contribution is 2.52. The van der Waals surface area contributed by atoms with Gasteiger partial charge in [-0.15, -0.1) is 0 Å². The second-order valence-electron chi connectivity index (χ2n) is 8.38. The summed E-state index contributed by atoms with van der Waals surface area (Å²) in [5, 5.41) is 41.9. The number of rotatable bonds is 3. The molecule has 3 aromatic rings. The Balaban J connectivity index is 1.80. The summed E-state index contributed by atoms with van der Waals surface area (Å²) >= 11 is 0. The monoisotopic (exact) mass is 412 g/mol. The maximum Gasteiger partial charge on any atom is 0.277 e. The molecule has 156 valence electrons. The van der Waals surface area contributed by atoms with E-state index in [-0.39, 0.29) is 39.0 Å². The molecule has 2 aliphatic heterocycles. The number of aliphatic hydroxyl groups is 2. The summed E-state index contributed by atoms with van der Waals surface area (Å²) in [5.74, 6) is -0.637. The maximum absolute atomic E-state index is 13.3. The largest absolute Gasteiger partial charge is 0.507 e. The first kappa shape index (κ1) is 18.8. The van der Waals surface area contributed by atoms with Gasteiger partial charge in [0.2, 0.25) is 5.43 Å². The lowest BCUT2D eigenvalue weighted by Gasteiger charge is -2.19. The average Bonchev–Trinajstić information content (AvgIpc) is 3.13. The fraction of sp³-hybridized carbons (Fsp3) is 0.318. The smallest absolute Gasteiger partial charge is 0.277 e. The number of aromatic hydroxyl groups is 2. The summed E-state index contributed by atoms with van der Waals surface area (Å²) in [6.07, 6.45) is 2.34. The molecule has 2 aliphatic rings. The predicted molar refractivity (Wildman–Crippen MR) is 106 cm³/mol. The van der Waals surface area contributed by atoms with Gasteiger partial charge in [-0.3, -0.25) is 4.79 Å². The van der Waals surface area contributed by atoms with Crippen molar-refractivity contribution in [1.29, 1.82) is 0 Å². The van der Waals surface area contributed by atoms with Crippen LogP contribution < -0.4 is 10.2 Å². The molecule has 1 aromatic heterocycles. The Labute approximate surface area is 170 Å². The first-order valence-electron chi connectivity index (χ1n) is 9.52. The molecular formula is C22H20O8. The van der Waals surface area contributed by atoms with E-state index in [2.05, 4.69) is 0 Å². The van der Waals surface area contributed by atoms with E-state index < -0.39 is 28.7 Å². The van der Waals surface area contributed by atoms with Crippen LogP contribution in [0.2, 0.25) is 0 Å². The Kier molecular flexibility index (Phi) is 3.69. The van der Waals surface area contributed by atoms with Crippen molar-refractivity contribution in [3.63, 3.8) is 0 Å². The van der Waals surface area contributed by atoms with E-state index >= 15 is 0 Å². The molecule has 2 aromatic carbocycles. The average molecular weight is 412 g/mol. The number of phenols is 2. The van der Waals surface area contributed by atoms with E-state index in [0.717, 1.165) is 0 Å². The summed E-state index contributed by atoms with van der Waals surface area (Å²) in [6, 6.07) is 4.44. The Hall–Kier alpha value is -3.23. The van der Waals surface area contributed by atoms with Gasteiger partial charge in [-0.25, -0.2) is 0 Å². The highest BCUT2D eigenvalue weighted by molar-refractivity contribution is 5.98. The van der Waals surface area contributed by atoms with E-state index in [9.17, 15) is 25.2 Å². The van der Waals surface area contributed by atoms with Gasteiger partial charge in [0.15, 0.2) is 5.60 Å². The molecule has 2 atom stereocenters. The Morgan fingerprint density at radius 1 is 1.20 bits per heavy atom. The molecule has 3 heterocycles. The Bertz CT molecular complexity index is 1300. The van der Waals surface area contributed by atoms with Crippen LogP contribution in [-0.2, 0) is 16.8 Å². The molecule has 5 rings (SSSR count). The summed E-state index contributed by atoms with van der Waals surface area (Å²) in [6.45, 7) is 3.36. The molecule has 0 radical (unpaired) electrons. The van der Waals surface area contributed by atoms with Crippen LogP contribution in [0.3, 0.4) is 0 Å². The lowest BCUT2D eigenvalue weighted by molar-refractivity contribution is -0.110.